The summed E-state index contributed by atoms with van der Waals surface area (Å²) in [4.78, 5) is 4.24. The van der Waals surface area contributed by atoms with Crippen molar-refractivity contribution in [3.8, 4) is 6.07 Å². The third-order valence-corrected chi connectivity index (χ3v) is 2.33. The van der Waals surface area contributed by atoms with Gasteiger partial charge in [0.2, 0.25) is 0 Å². The molecule has 0 saturated heterocycles. The summed E-state index contributed by atoms with van der Waals surface area (Å²) in [6, 6.07) is 9.60. The van der Waals surface area contributed by atoms with Gasteiger partial charge in [0, 0.05) is 24.7 Å². The molecule has 0 aliphatic rings. The number of pyridine rings is 1. The van der Waals surface area contributed by atoms with Gasteiger partial charge in [0.15, 0.2) is 0 Å². The van der Waals surface area contributed by atoms with Gasteiger partial charge < -0.3 is 11.1 Å². The minimum Gasteiger partial charge on any atom is -0.368 e. The zero-order chi connectivity index (χ0) is 11.4. The van der Waals surface area contributed by atoms with Gasteiger partial charge in [0.05, 0.1) is 11.6 Å². The lowest BCUT2D eigenvalue weighted by molar-refractivity contribution is 1.01. The van der Waals surface area contributed by atoms with Crippen molar-refractivity contribution in [2.24, 2.45) is 5.73 Å². The lowest BCUT2D eigenvalue weighted by Gasteiger charge is -2.07. The molecule has 4 heteroatoms. The predicted molar refractivity (Wildman–Crippen MR) is 64.0 cm³/mol. The molecule has 3 N–H and O–H groups in total. The van der Waals surface area contributed by atoms with Crippen LogP contribution in [0.3, 0.4) is 0 Å². The Morgan fingerprint density at radius 2 is 2.25 bits per heavy atom. The van der Waals surface area contributed by atoms with Gasteiger partial charge in [-0.05, 0) is 23.6 Å². The van der Waals surface area contributed by atoms with E-state index in [1.165, 1.54) is 0 Å². The van der Waals surface area contributed by atoms with Gasteiger partial charge in [-0.1, -0.05) is 6.07 Å². The summed E-state index contributed by atoms with van der Waals surface area (Å²) in [6.07, 6.45) is 1.74. The highest BCUT2D eigenvalue weighted by Gasteiger charge is 2.02. The van der Waals surface area contributed by atoms with E-state index in [1.807, 2.05) is 18.2 Å². The first kappa shape index (κ1) is 10.4. The first-order valence-electron chi connectivity index (χ1n) is 5.08. The zero-order valence-electron chi connectivity index (χ0n) is 8.77. The molecule has 0 spiro atoms. The molecule has 0 atom stereocenters. The number of fused-ring (bicyclic) bond motifs is 1. The van der Waals surface area contributed by atoms with Crippen LogP contribution in [-0.4, -0.2) is 18.1 Å². The second-order valence-corrected chi connectivity index (χ2v) is 3.42. The summed E-state index contributed by atoms with van der Waals surface area (Å²) in [5.74, 6) is 0.778. The standard InChI is InChI=1S/C12H12N4/c13-4-6-16-12-11-7-9(8-14)1-2-10(11)3-5-15-12/h1-3,5,7H,4,6,13H2,(H,15,16). The summed E-state index contributed by atoms with van der Waals surface area (Å²) in [7, 11) is 0. The lowest BCUT2D eigenvalue weighted by Crippen LogP contribution is -2.14. The number of rotatable bonds is 3. The number of hydrogen-bond donors (Lipinski definition) is 2. The van der Waals surface area contributed by atoms with Gasteiger partial charge in [0.25, 0.3) is 0 Å². The number of hydrogen-bond acceptors (Lipinski definition) is 4. The van der Waals surface area contributed by atoms with Crippen molar-refractivity contribution < 1.29 is 0 Å². The Balaban J connectivity index is 2.52. The number of nitrogens with zero attached hydrogens (tertiary/aromatic N) is 2. The van der Waals surface area contributed by atoms with E-state index < -0.39 is 0 Å². The summed E-state index contributed by atoms with van der Waals surface area (Å²) in [5.41, 5.74) is 6.07. The molecule has 0 radical (unpaired) electrons. The van der Waals surface area contributed by atoms with Crippen molar-refractivity contribution in [3.05, 3.63) is 36.0 Å². The van der Waals surface area contributed by atoms with E-state index >= 15 is 0 Å². The quantitative estimate of drug-likeness (QED) is 0.808. The molecule has 4 nitrogen and oxygen atoms in total. The minimum absolute atomic E-state index is 0.552. The fourth-order valence-corrected chi connectivity index (χ4v) is 1.57. The van der Waals surface area contributed by atoms with Crippen molar-refractivity contribution in [3.63, 3.8) is 0 Å². The van der Waals surface area contributed by atoms with Crippen LogP contribution in [0.5, 0.6) is 0 Å². The third kappa shape index (κ3) is 1.95. The molecule has 2 rings (SSSR count). The molecule has 0 aliphatic carbocycles. The van der Waals surface area contributed by atoms with Gasteiger partial charge >= 0.3 is 0 Å². The van der Waals surface area contributed by atoms with E-state index in [9.17, 15) is 0 Å². The molecule has 0 unspecified atom stereocenters. The van der Waals surface area contributed by atoms with E-state index in [0.29, 0.717) is 18.7 Å². The van der Waals surface area contributed by atoms with Gasteiger partial charge in [0.1, 0.15) is 5.82 Å². The number of nitriles is 1. The van der Waals surface area contributed by atoms with Gasteiger partial charge in [-0.3, -0.25) is 0 Å². The number of nitrogens with one attached hydrogen (secondary N) is 1. The van der Waals surface area contributed by atoms with Crippen molar-refractivity contribution in [1.29, 1.82) is 5.26 Å². The Labute approximate surface area is 93.7 Å². The maximum absolute atomic E-state index is 8.85. The average Bonchev–Trinajstić information content (AvgIpc) is 2.35. The molecule has 0 amide bonds. The Bertz CT molecular complexity index is 542. The summed E-state index contributed by atoms with van der Waals surface area (Å²) in [6.45, 7) is 1.22. The largest absolute Gasteiger partial charge is 0.368 e. The SMILES string of the molecule is N#Cc1ccc2ccnc(NCCN)c2c1. The smallest absolute Gasteiger partial charge is 0.133 e. The molecule has 80 valence electrons. The first-order chi connectivity index (χ1) is 7.85. The molecular weight excluding hydrogens is 200 g/mol. The Morgan fingerprint density at radius 1 is 1.38 bits per heavy atom. The minimum atomic E-state index is 0.552. The highest BCUT2D eigenvalue weighted by Crippen LogP contribution is 2.21. The third-order valence-electron chi connectivity index (χ3n) is 2.33. The van der Waals surface area contributed by atoms with E-state index in [0.717, 1.165) is 16.6 Å². The predicted octanol–water partition coefficient (Wildman–Crippen LogP) is 1.48. The zero-order valence-corrected chi connectivity index (χ0v) is 8.77. The van der Waals surface area contributed by atoms with Gasteiger partial charge in [-0.15, -0.1) is 0 Å². The number of anilines is 1. The molecule has 0 aliphatic heterocycles. The molecule has 2 aromatic rings. The highest BCUT2D eigenvalue weighted by molar-refractivity contribution is 5.92. The van der Waals surface area contributed by atoms with Crippen LogP contribution in [0.15, 0.2) is 30.5 Å². The van der Waals surface area contributed by atoms with Crippen molar-refractivity contribution in [2.75, 3.05) is 18.4 Å². The molecule has 1 heterocycles. The van der Waals surface area contributed by atoms with Crippen LogP contribution in [0.25, 0.3) is 10.8 Å². The van der Waals surface area contributed by atoms with Gasteiger partial charge in [-0.2, -0.15) is 5.26 Å². The van der Waals surface area contributed by atoms with Crippen LogP contribution in [0.1, 0.15) is 5.56 Å². The van der Waals surface area contributed by atoms with E-state index in [-0.39, 0.29) is 0 Å². The van der Waals surface area contributed by atoms with Crippen LogP contribution < -0.4 is 11.1 Å². The fourth-order valence-electron chi connectivity index (χ4n) is 1.57. The highest BCUT2D eigenvalue weighted by atomic mass is 15.0. The maximum Gasteiger partial charge on any atom is 0.133 e. The molecule has 0 fully saturated rings. The second kappa shape index (κ2) is 4.60. The van der Waals surface area contributed by atoms with E-state index in [2.05, 4.69) is 16.4 Å². The van der Waals surface area contributed by atoms with Gasteiger partial charge in [-0.25, -0.2) is 4.98 Å². The van der Waals surface area contributed by atoms with Crippen LogP contribution in [-0.2, 0) is 0 Å². The average molecular weight is 212 g/mol. The van der Waals surface area contributed by atoms with Crippen molar-refractivity contribution in [1.82, 2.24) is 4.98 Å². The first-order valence-corrected chi connectivity index (χ1v) is 5.08. The second-order valence-electron chi connectivity index (χ2n) is 3.42. The molecule has 16 heavy (non-hydrogen) atoms. The van der Waals surface area contributed by atoms with E-state index in [1.54, 1.807) is 12.3 Å². The van der Waals surface area contributed by atoms with Crippen LogP contribution in [0, 0.1) is 11.3 Å². The molecule has 0 saturated carbocycles. The Kier molecular flexibility index (Phi) is 2.99. The van der Waals surface area contributed by atoms with Crippen LogP contribution >= 0.6 is 0 Å². The topological polar surface area (TPSA) is 74.7 Å². The molecule has 1 aromatic carbocycles. The summed E-state index contributed by atoms with van der Waals surface area (Å²) in [5, 5.41) is 14.0. The van der Waals surface area contributed by atoms with Crippen molar-refractivity contribution in [2.45, 2.75) is 0 Å². The summed E-state index contributed by atoms with van der Waals surface area (Å²) >= 11 is 0. The molecule has 0 bridgehead atoms. The fraction of sp³-hybridized carbons (Fsp3) is 0.167. The Morgan fingerprint density at radius 3 is 3.00 bits per heavy atom. The lowest BCUT2D eigenvalue weighted by atomic mass is 10.1. The van der Waals surface area contributed by atoms with E-state index in [4.69, 9.17) is 11.0 Å². The molecule has 1 aromatic heterocycles. The number of nitrogens with two attached hydrogens (primary N) is 1. The Hall–Kier alpha value is -2.12. The summed E-state index contributed by atoms with van der Waals surface area (Å²) < 4.78 is 0. The maximum atomic E-state index is 8.85. The van der Waals surface area contributed by atoms with Crippen molar-refractivity contribution >= 4 is 16.6 Å². The number of benzene rings is 1. The monoisotopic (exact) mass is 212 g/mol. The van der Waals surface area contributed by atoms with Crippen LogP contribution in [0.4, 0.5) is 5.82 Å². The number of aromatic nitrogens is 1. The molecular formula is C12H12N4. The van der Waals surface area contributed by atoms with Crippen LogP contribution in [0.2, 0.25) is 0 Å². The normalized spacial score (nSPS) is 10.0.